The van der Waals surface area contributed by atoms with E-state index >= 15 is 0 Å². The normalized spacial score (nSPS) is 7.80. The van der Waals surface area contributed by atoms with Gasteiger partial charge in [-0.2, -0.15) is 0 Å². The summed E-state index contributed by atoms with van der Waals surface area (Å²) >= 11 is 0. The van der Waals surface area contributed by atoms with Gasteiger partial charge in [0.1, 0.15) is 0 Å². The molecule has 0 aliphatic rings. The molecule has 2 aromatic rings. The first-order valence-electron chi connectivity index (χ1n) is 10.5. The third-order valence-corrected chi connectivity index (χ3v) is 2.68. The van der Waals surface area contributed by atoms with E-state index in [1.807, 2.05) is 53.7 Å². The minimum absolute atomic E-state index is 0.0121. The van der Waals surface area contributed by atoms with Gasteiger partial charge in [-0.05, 0) is 51.6 Å². The minimum atomic E-state index is 0.0121. The van der Waals surface area contributed by atoms with E-state index in [0.717, 1.165) is 13.1 Å². The van der Waals surface area contributed by atoms with Crippen LogP contribution in [-0.2, 0) is 0 Å². The van der Waals surface area contributed by atoms with Crippen molar-refractivity contribution in [2.45, 2.75) is 55.4 Å². The first-order chi connectivity index (χ1) is 14.3. The Hall–Kier alpha value is -2.70. The number of carbonyl (C=O) groups excluding carboxylic acids is 2. The highest BCUT2D eigenvalue weighted by molar-refractivity contribution is 5.99. The summed E-state index contributed by atoms with van der Waals surface area (Å²) < 4.78 is 0. The average Bonchev–Trinajstić information content (AvgIpc) is 2.73. The van der Waals surface area contributed by atoms with Crippen molar-refractivity contribution in [3.05, 3.63) is 59.7 Å². The molecule has 0 aliphatic carbocycles. The lowest BCUT2D eigenvalue weighted by molar-refractivity contribution is -0.361. The Bertz CT molecular complexity index is 602. The Morgan fingerprint density at radius 1 is 0.733 bits per heavy atom. The fourth-order valence-corrected chi connectivity index (χ4v) is 1.64. The molecule has 0 spiro atoms. The van der Waals surface area contributed by atoms with Crippen molar-refractivity contribution in [1.82, 2.24) is 0 Å². The average molecular weight is 422 g/mol. The van der Waals surface area contributed by atoms with E-state index in [2.05, 4.69) is 5.73 Å². The summed E-state index contributed by atoms with van der Waals surface area (Å²) in [6, 6.07) is 14.1. The molecular formula is C24H45N4O2+. The molecule has 2 rings (SSSR count). The Balaban J connectivity index is -0.000000159. The number of rotatable bonds is 2. The van der Waals surface area contributed by atoms with Gasteiger partial charge in [-0.3, -0.25) is 9.59 Å². The van der Waals surface area contributed by atoms with Gasteiger partial charge in [0.05, 0.1) is 6.54 Å². The number of anilines is 2. The Kier molecular flexibility index (Phi) is 30.5. The lowest BCUT2D eigenvalue weighted by Crippen LogP contribution is -2.48. The van der Waals surface area contributed by atoms with Crippen molar-refractivity contribution in [1.29, 1.82) is 0 Å². The zero-order chi connectivity index (χ0) is 24.5. The zero-order valence-electron chi connectivity index (χ0n) is 20.3. The van der Waals surface area contributed by atoms with E-state index in [9.17, 15) is 9.59 Å². The topological polar surface area (TPSA) is 140 Å². The summed E-state index contributed by atoms with van der Waals surface area (Å²) in [7, 11) is 0. The standard InChI is InChI=1S/2C8H9NO.2C2H7N.2C2H6/c2*1-6(10)7-4-2-3-5-8(7)9;2*1-2-3;2*1-2/h2*2-5H,9H2,1H3;2*2-3H2,1H3;2*1-2H3/p+1. The van der Waals surface area contributed by atoms with Gasteiger partial charge in [-0.1, -0.05) is 58.9 Å². The van der Waals surface area contributed by atoms with E-state index < -0.39 is 0 Å². The Labute approximate surface area is 184 Å². The van der Waals surface area contributed by atoms with Gasteiger partial charge in [0, 0.05) is 22.5 Å². The molecule has 6 nitrogen and oxygen atoms in total. The lowest BCUT2D eigenvalue weighted by atomic mass is 10.1. The Morgan fingerprint density at radius 3 is 1.07 bits per heavy atom. The molecule has 0 saturated heterocycles. The fraction of sp³-hybridized carbons (Fsp3) is 0.417. The molecule has 0 saturated carbocycles. The fourth-order valence-electron chi connectivity index (χ4n) is 1.64. The molecule has 2 aromatic carbocycles. The van der Waals surface area contributed by atoms with Gasteiger partial charge < -0.3 is 22.9 Å². The molecule has 172 valence electrons. The summed E-state index contributed by atoms with van der Waals surface area (Å²) in [5, 5.41) is 0. The molecule has 9 N–H and O–H groups in total. The molecule has 0 atom stereocenters. The summed E-state index contributed by atoms with van der Waals surface area (Å²) in [5.74, 6) is 0.0243. The summed E-state index contributed by atoms with van der Waals surface area (Å²) in [5.41, 5.74) is 21.6. The van der Waals surface area contributed by atoms with Crippen LogP contribution in [0.5, 0.6) is 0 Å². The molecule has 0 aromatic heterocycles. The highest BCUT2D eigenvalue weighted by Gasteiger charge is 2.01. The van der Waals surface area contributed by atoms with Crippen LogP contribution >= 0.6 is 0 Å². The van der Waals surface area contributed by atoms with E-state index in [-0.39, 0.29) is 11.6 Å². The lowest BCUT2D eigenvalue weighted by Gasteiger charge is -1.97. The smallest absolute Gasteiger partial charge is 0.161 e. The molecule has 0 radical (unpaired) electrons. The van der Waals surface area contributed by atoms with Crippen molar-refractivity contribution in [2.75, 3.05) is 24.6 Å². The van der Waals surface area contributed by atoms with E-state index in [1.54, 1.807) is 36.4 Å². The van der Waals surface area contributed by atoms with Gasteiger partial charge in [-0.25, -0.2) is 0 Å². The van der Waals surface area contributed by atoms with E-state index in [4.69, 9.17) is 17.2 Å². The molecule has 6 heteroatoms. The number of benzene rings is 2. The number of Topliss-reactive ketones (excluding diaryl/α,β-unsaturated/α-hetero) is 2. The van der Waals surface area contributed by atoms with Crippen LogP contribution in [0.15, 0.2) is 48.5 Å². The van der Waals surface area contributed by atoms with Crippen molar-refractivity contribution >= 4 is 22.9 Å². The number of nitrogen functional groups attached to an aromatic ring is 2. The molecule has 30 heavy (non-hydrogen) atoms. The first kappa shape index (κ1) is 34.8. The number of para-hydroxylation sites is 2. The van der Waals surface area contributed by atoms with Gasteiger partial charge in [0.25, 0.3) is 0 Å². The molecule has 0 aliphatic heterocycles. The highest BCUT2D eigenvalue weighted by Crippen LogP contribution is 2.10. The molecule has 0 amide bonds. The predicted molar refractivity (Wildman–Crippen MR) is 133 cm³/mol. The van der Waals surface area contributed by atoms with Crippen LogP contribution in [-0.4, -0.2) is 24.7 Å². The van der Waals surface area contributed by atoms with Gasteiger partial charge in [0.2, 0.25) is 0 Å². The second-order valence-corrected chi connectivity index (χ2v) is 5.20. The zero-order valence-corrected chi connectivity index (χ0v) is 20.3. The van der Waals surface area contributed by atoms with Crippen LogP contribution in [0.4, 0.5) is 11.4 Å². The number of nitrogens with two attached hydrogens (primary N) is 3. The predicted octanol–water partition coefficient (Wildman–Crippen LogP) is 4.21. The van der Waals surface area contributed by atoms with Gasteiger partial charge >= 0.3 is 0 Å². The summed E-state index contributed by atoms with van der Waals surface area (Å²) in [4.78, 5) is 21.6. The number of carbonyl (C=O) groups is 2. The van der Waals surface area contributed by atoms with Crippen molar-refractivity contribution in [3.63, 3.8) is 0 Å². The molecule has 0 fully saturated rings. The third kappa shape index (κ3) is 20.0. The van der Waals surface area contributed by atoms with Crippen LogP contribution in [0, 0.1) is 0 Å². The second-order valence-electron chi connectivity index (χ2n) is 5.20. The second kappa shape index (κ2) is 26.3. The van der Waals surface area contributed by atoms with Crippen molar-refractivity contribution in [2.24, 2.45) is 5.73 Å². The van der Waals surface area contributed by atoms with Crippen molar-refractivity contribution in [3.8, 4) is 0 Å². The largest absolute Gasteiger partial charge is 0.398 e. The first-order valence-corrected chi connectivity index (χ1v) is 10.5. The van der Waals surface area contributed by atoms with E-state index in [1.165, 1.54) is 13.8 Å². The summed E-state index contributed by atoms with van der Waals surface area (Å²) in [6.45, 7) is 16.7. The van der Waals surface area contributed by atoms with Crippen LogP contribution in [0.1, 0.15) is 76.1 Å². The number of hydrogen-bond donors (Lipinski definition) is 4. The van der Waals surface area contributed by atoms with Crippen LogP contribution < -0.4 is 22.9 Å². The minimum Gasteiger partial charge on any atom is -0.398 e. The maximum atomic E-state index is 10.8. The monoisotopic (exact) mass is 421 g/mol. The Morgan fingerprint density at radius 2 is 0.933 bits per heavy atom. The SMILES string of the molecule is CC.CC.CC(=O)c1ccccc1N.CC(=O)c1ccccc1N.CCN.CC[NH3+]. The van der Waals surface area contributed by atoms with Crippen LogP contribution in [0.3, 0.4) is 0 Å². The van der Waals surface area contributed by atoms with Gasteiger partial charge in [0.15, 0.2) is 11.6 Å². The molecular weight excluding hydrogens is 376 g/mol. The molecule has 0 heterocycles. The van der Waals surface area contributed by atoms with Gasteiger partial charge in [-0.15, -0.1) is 0 Å². The van der Waals surface area contributed by atoms with Crippen LogP contribution in [0.2, 0.25) is 0 Å². The third-order valence-electron chi connectivity index (χ3n) is 2.68. The quantitative estimate of drug-likeness (QED) is 0.425. The number of ketones is 2. The highest BCUT2D eigenvalue weighted by atomic mass is 16.1. The number of quaternary nitrogens is 1. The molecule has 0 bridgehead atoms. The maximum absolute atomic E-state index is 10.8. The van der Waals surface area contributed by atoms with E-state index in [0.29, 0.717) is 22.5 Å². The number of hydrogen-bond acceptors (Lipinski definition) is 5. The summed E-state index contributed by atoms with van der Waals surface area (Å²) in [6.07, 6.45) is 0. The maximum Gasteiger partial charge on any atom is 0.161 e. The van der Waals surface area contributed by atoms with Crippen molar-refractivity contribution < 1.29 is 15.3 Å². The molecule has 0 unspecified atom stereocenters. The van der Waals surface area contributed by atoms with Crippen LogP contribution in [0.25, 0.3) is 0 Å².